The predicted octanol–water partition coefficient (Wildman–Crippen LogP) is 6.76. The highest BCUT2D eigenvalue weighted by Gasteiger charge is 2.75. The number of imide groups is 1. The van der Waals surface area contributed by atoms with Crippen molar-refractivity contribution >= 4 is 29.6 Å². The molecular weight excluding hydrogens is 891 g/mol. The number of esters is 1. The fraction of sp³-hybridized carbons (Fsp3) is 0.250. The number of morpholine rings is 1. The zero-order chi connectivity index (χ0) is 48.8. The number of rotatable bonds is 14. The minimum atomic E-state index is -2.13. The van der Waals surface area contributed by atoms with E-state index in [1.165, 1.54) is 7.11 Å². The van der Waals surface area contributed by atoms with Crippen LogP contribution >= 0.6 is 0 Å². The van der Waals surface area contributed by atoms with Crippen LogP contribution in [0.15, 0.2) is 158 Å². The molecule has 0 unspecified atom stereocenters. The van der Waals surface area contributed by atoms with Gasteiger partial charge in [0.25, 0.3) is 0 Å². The second kappa shape index (κ2) is 20.8. The van der Waals surface area contributed by atoms with Crippen LogP contribution in [0.2, 0.25) is 0 Å². The van der Waals surface area contributed by atoms with Crippen molar-refractivity contribution in [2.24, 2.45) is 5.92 Å². The van der Waals surface area contributed by atoms with Gasteiger partial charge in [-0.05, 0) is 82.4 Å². The van der Waals surface area contributed by atoms with Gasteiger partial charge in [0.2, 0.25) is 11.8 Å². The summed E-state index contributed by atoms with van der Waals surface area (Å²) in [5.74, 6) is 3.38. The summed E-state index contributed by atoms with van der Waals surface area (Å²) in [5, 5.41) is 24.2. The number of fused-ring (bicyclic) bond motifs is 3. The number of ether oxygens (including phenoxy) is 5. The maximum absolute atomic E-state index is 16.4. The Morgan fingerprint density at radius 2 is 1.39 bits per heavy atom. The summed E-state index contributed by atoms with van der Waals surface area (Å²) in [7, 11) is 3.02. The maximum atomic E-state index is 16.4. The van der Waals surface area contributed by atoms with Gasteiger partial charge >= 0.3 is 12.1 Å². The number of nitrogens with zero attached hydrogens (tertiary/aromatic N) is 2. The number of anilines is 1. The van der Waals surface area contributed by atoms with Gasteiger partial charge in [0, 0.05) is 24.8 Å². The molecule has 3 N–H and O–H groups in total. The molecule has 7 atom stereocenters. The number of carbonyl (C=O) groups excluding carboxylic acids is 4. The SMILES string of the molecule is COCCOC(=O)N1C(=O)[C@@]2(c3cc(C#Cc4ccc(OC)cc4)ccc31)[C@H](C(=O)NC[C@H](O)c1ccccc1)[C@H]1C(=O)O[C@H](c3ccccc3)[C@H](c3ccccc3)N1[C@@H]2c1cccc(OCCO)c1. The number of benzene rings is 6. The first kappa shape index (κ1) is 47.3. The van der Waals surface area contributed by atoms with Gasteiger partial charge in [0.15, 0.2) is 0 Å². The van der Waals surface area contributed by atoms with Gasteiger partial charge in [-0.1, -0.05) is 115 Å². The molecule has 0 radical (unpaired) electrons. The number of aliphatic hydroxyl groups excluding tert-OH is 2. The highest BCUT2D eigenvalue weighted by atomic mass is 16.6. The Hall–Kier alpha value is -7.80. The van der Waals surface area contributed by atoms with Crippen molar-refractivity contribution in [2.45, 2.75) is 35.7 Å². The van der Waals surface area contributed by atoms with Crippen molar-refractivity contribution in [1.29, 1.82) is 0 Å². The number of hydrogen-bond acceptors (Lipinski definition) is 12. The number of carbonyl (C=O) groups is 4. The van der Waals surface area contributed by atoms with Crippen LogP contribution in [-0.2, 0) is 34.0 Å². The number of aliphatic hydroxyl groups is 2. The van der Waals surface area contributed by atoms with Crippen LogP contribution in [-0.4, -0.2) is 92.2 Å². The number of nitrogens with one attached hydrogen (secondary N) is 1. The Morgan fingerprint density at radius 1 is 0.729 bits per heavy atom. The topological polar surface area (TPSA) is 173 Å². The molecule has 0 saturated carbocycles. The van der Waals surface area contributed by atoms with Crippen LogP contribution in [0.5, 0.6) is 11.5 Å². The monoisotopic (exact) mass is 941 g/mol. The summed E-state index contributed by atoms with van der Waals surface area (Å²) in [6.07, 6.45) is -3.16. The molecule has 3 heterocycles. The third kappa shape index (κ3) is 8.87. The van der Waals surface area contributed by atoms with Crippen LogP contribution in [0, 0.1) is 17.8 Å². The predicted molar refractivity (Wildman–Crippen MR) is 258 cm³/mol. The van der Waals surface area contributed by atoms with Crippen LogP contribution in [0.4, 0.5) is 10.5 Å². The van der Waals surface area contributed by atoms with E-state index in [4.69, 9.17) is 23.7 Å². The fourth-order valence-electron chi connectivity index (χ4n) is 10.1. The van der Waals surface area contributed by atoms with E-state index < -0.39 is 65.5 Å². The van der Waals surface area contributed by atoms with Crippen LogP contribution in [0.25, 0.3) is 0 Å². The smallest absolute Gasteiger partial charge is 0.421 e. The van der Waals surface area contributed by atoms with Crippen molar-refractivity contribution in [3.63, 3.8) is 0 Å². The average Bonchev–Trinajstić information content (AvgIpc) is 3.86. The molecule has 2 fully saturated rings. The molecule has 14 nitrogen and oxygen atoms in total. The standard InChI is InChI=1S/C56H51N3O11/c1-66-31-32-69-55(65)58-45-28-25-37(22-21-36-23-26-42(67-2)27-24-36)33-44(45)56(54(58)64)47(52(62)57-35-46(61)38-13-6-3-7-14-38)49-53(63)70-50(40-17-10-5-11-18-40)48(39-15-8-4-9-16-39)59(49)51(56)41-19-12-20-43(34-41)68-30-29-60/h3-20,23-28,33-34,46-51,60-61H,29-32,35H2,1-2H3,(H,57,62)/t46-,47-,48-,49-,50+,51+,56-/m0/s1. The van der Waals surface area contributed by atoms with E-state index in [1.807, 2.05) is 77.7 Å². The normalized spacial score (nSPS) is 21.7. The number of hydrogen-bond donors (Lipinski definition) is 3. The molecule has 0 bridgehead atoms. The number of amides is 3. The molecule has 3 amide bonds. The van der Waals surface area contributed by atoms with Crippen molar-refractivity contribution in [3.05, 3.63) is 197 Å². The van der Waals surface area contributed by atoms with E-state index in [0.29, 0.717) is 44.9 Å². The highest BCUT2D eigenvalue weighted by molar-refractivity contribution is 6.23. The van der Waals surface area contributed by atoms with Gasteiger partial charge in [-0.2, -0.15) is 0 Å². The summed E-state index contributed by atoms with van der Waals surface area (Å²) < 4.78 is 28.8. The van der Waals surface area contributed by atoms with E-state index in [1.54, 1.807) is 92.0 Å². The first-order valence-electron chi connectivity index (χ1n) is 22.9. The lowest BCUT2D eigenvalue weighted by Gasteiger charge is -2.46. The quantitative estimate of drug-likeness (QED) is 0.0596. The van der Waals surface area contributed by atoms with Crippen LogP contribution < -0.4 is 19.7 Å². The van der Waals surface area contributed by atoms with Gasteiger partial charge in [-0.3, -0.25) is 19.3 Å². The molecule has 6 aromatic carbocycles. The lowest BCUT2D eigenvalue weighted by molar-refractivity contribution is -0.178. The van der Waals surface area contributed by atoms with Gasteiger partial charge in [0.05, 0.1) is 50.1 Å². The van der Waals surface area contributed by atoms with Crippen molar-refractivity contribution < 1.29 is 53.1 Å². The Kier molecular flexibility index (Phi) is 14.1. The number of methoxy groups -OCH3 is 2. The fourth-order valence-corrected chi connectivity index (χ4v) is 10.1. The van der Waals surface area contributed by atoms with Crippen LogP contribution in [0.3, 0.4) is 0 Å². The Bertz CT molecular complexity index is 2910. The van der Waals surface area contributed by atoms with E-state index in [-0.39, 0.29) is 44.2 Å². The lowest BCUT2D eigenvalue weighted by Crippen LogP contribution is -2.56. The molecule has 356 valence electrons. The third-order valence-corrected chi connectivity index (χ3v) is 13.1. The summed E-state index contributed by atoms with van der Waals surface area (Å²) in [5.41, 5.74) is 1.66. The molecule has 3 aliphatic heterocycles. The summed E-state index contributed by atoms with van der Waals surface area (Å²) >= 11 is 0. The van der Waals surface area contributed by atoms with E-state index in [0.717, 1.165) is 4.90 Å². The molecule has 70 heavy (non-hydrogen) atoms. The molecule has 2 saturated heterocycles. The maximum Gasteiger partial charge on any atom is 0.421 e. The number of cyclic esters (lactones) is 1. The van der Waals surface area contributed by atoms with Gasteiger partial charge < -0.3 is 39.2 Å². The Morgan fingerprint density at radius 3 is 2.07 bits per heavy atom. The lowest BCUT2D eigenvalue weighted by atomic mass is 9.65. The molecule has 9 rings (SSSR count). The molecule has 14 heteroatoms. The first-order chi connectivity index (χ1) is 34.2. The van der Waals surface area contributed by atoms with Gasteiger partial charge in [-0.25, -0.2) is 9.69 Å². The molecular formula is C56H51N3O11. The molecule has 1 spiro atoms. The second-order valence-electron chi connectivity index (χ2n) is 17.0. The van der Waals surface area contributed by atoms with Crippen molar-refractivity contribution in [3.8, 4) is 23.3 Å². The van der Waals surface area contributed by atoms with E-state index >= 15 is 14.4 Å². The molecule has 0 aromatic heterocycles. The van der Waals surface area contributed by atoms with E-state index in [2.05, 4.69) is 17.2 Å². The first-order valence-corrected chi connectivity index (χ1v) is 22.9. The summed E-state index contributed by atoms with van der Waals surface area (Å²) in [4.78, 5) is 65.0. The third-order valence-electron chi connectivity index (χ3n) is 13.1. The molecule has 3 aliphatic rings. The second-order valence-corrected chi connectivity index (χ2v) is 17.0. The van der Waals surface area contributed by atoms with Crippen LogP contribution in [0.1, 0.15) is 63.2 Å². The van der Waals surface area contributed by atoms with Crippen molar-refractivity contribution in [2.75, 3.05) is 52.1 Å². The minimum absolute atomic E-state index is 0.0327. The largest absolute Gasteiger partial charge is 0.497 e. The zero-order valence-corrected chi connectivity index (χ0v) is 38.5. The molecule has 0 aliphatic carbocycles. The minimum Gasteiger partial charge on any atom is -0.497 e. The zero-order valence-electron chi connectivity index (χ0n) is 38.5. The molecule has 6 aromatic rings. The Balaban J connectivity index is 1.33. The Labute approximate surface area is 405 Å². The van der Waals surface area contributed by atoms with Gasteiger partial charge in [0.1, 0.15) is 42.3 Å². The highest BCUT2D eigenvalue weighted by Crippen LogP contribution is 2.66. The summed E-state index contributed by atoms with van der Waals surface area (Å²) in [6, 6.07) is 43.0. The van der Waals surface area contributed by atoms with Crippen molar-refractivity contribution in [1.82, 2.24) is 10.2 Å². The average molecular weight is 942 g/mol. The van der Waals surface area contributed by atoms with E-state index in [9.17, 15) is 15.0 Å². The summed E-state index contributed by atoms with van der Waals surface area (Å²) in [6.45, 7) is -0.786. The van der Waals surface area contributed by atoms with Gasteiger partial charge in [-0.15, -0.1) is 0 Å².